The first-order valence-electron chi connectivity index (χ1n) is 6.49. The van der Waals surface area contributed by atoms with Gasteiger partial charge in [0.1, 0.15) is 0 Å². The van der Waals surface area contributed by atoms with Gasteiger partial charge < -0.3 is 0 Å². The summed E-state index contributed by atoms with van der Waals surface area (Å²) in [5, 5.41) is 0. The molecule has 0 amide bonds. The lowest BCUT2D eigenvalue weighted by Crippen LogP contribution is -2.24. The Labute approximate surface area is 94.5 Å². The summed E-state index contributed by atoms with van der Waals surface area (Å²) in [6, 6.07) is 0. The Morgan fingerprint density at radius 2 is 1.93 bits per heavy atom. The molecule has 0 saturated heterocycles. The van der Waals surface area contributed by atoms with E-state index in [9.17, 15) is 0 Å². The van der Waals surface area contributed by atoms with Gasteiger partial charge in [0.25, 0.3) is 0 Å². The van der Waals surface area contributed by atoms with Crippen LogP contribution < -0.4 is 0 Å². The van der Waals surface area contributed by atoms with Crippen molar-refractivity contribution in [1.29, 1.82) is 0 Å². The number of allylic oxidation sites excluding steroid dienone is 4. The van der Waals surface area contributed by atoms with E-state index >= 15 is 0 Å². The zero-order valence-corrected chi connectivity index (χ0v) is 10.6. The van der Waals surface area contributed by atoms with E-state index in [4.69, 9.17) is 0 Å². The van der Waals surface area contributed by atoms with Crippen molar-refractivity contribution >= 4 is 0 Å². The Balaban J connectivity index is 2.40. The predicted molar refractivity (Wildman–Crippen MR) is 66.7 cm³/mol. The Hall–Kier alpha value is -0.520. The van der Waals surface area contributed by atoms with E-state index in [0.29, 0.717) is 0 Å². The van der Waals surface area contributed by atoms with E-state index in [1.54, 1.807) is 16.7 Å². The monoisotopic (exact) mass is 204 g/mol. The maximum Gasteiger partial charge on any atom is -0.0133 e. The van der Waals surface area contributed by atoms with Crippen LogP contribution in [0.25, 0.3) is 0 Å². The van der Waals surface area contributed by atoms with E-state index in [0.717, 1.165) is 17.8 Å². The maximum atomic E-state index is 2.50. The third-order valence-corrected chi connectivity index (χ3v) is 4.27. The predicted octanol–water partition coefficient (Wildman–Crippen LogP) is 4.73. The molecular weight excluding hydrogens is 180 g/mol. The van der Waals surface area contributed by atoms with Crippen LogP contribution in [-0.2, 0) is 0 Å². The van der Waals surface area contributed by atoms with Gasteiger partial charge in [-0.05, 0) is 55.9 Å². The van der Waals surface area contributed by atoms with Crippen LogP contribution in [0.5, 0.6) is 0 Å². The van der Waals surface area contributed by atoms with Crippen molar-refractivity contribution in [2.24, 2.45) is 17.8 Å². The molecule has 0 bridgehead atoms. The first kappa shape index (κ1) is 11.0. The lowest BCUT2D eigenvalue weighted by atomic mass is 9.68. The van der Waals surface area contributed by atoms with Crippen molar-refractivity contribution in [2.45, 2.75) is 53.4 Å². The quantitative estimate of drug-likeness (QED) is 0.579. The van der Waals surface area contributed by atoms with Gasteiger partial charge in [-0.15, -0.1) is 0 Å². The molecule has 0 radical (unpaired) electrons. The van der Waals surface area contributed by atoms with Crippen LogP contribution >= 0.6 is 0 Å². The maximum absolute atomic E-state index is 2.50. The van der Waals surface area contributed by atoms with E-state index < -0.39 is 0 Å². The van der Waals surface area contributed by atoms with Crippen molar-refractivity contribution in [2.75, 3.05) is 0 Å². The fourth-order valence-corrected chi connectivity index (χ4v) is 3.26. The van der Waals surface area contributed by atoms with Gasteiger partial charge in [-0.25, -0.2) is 0 Å². The van der Waals surface area contributed by atoms with Crippen LogP contribution in [0.1, 0.15) is 53.4 Å². The van der Waals surface area contributed by atoms with Crippen molar-refractivity contribution < 1.29 is 0 Å². The molecule has 0 aromatic carbocycles. The van der Waals surface area contributed by atoms with Gasteiger partial charge in [0.15, 0.2) is 0 Å². The van der Waals surface area contributed by atoms with Gasteiger partial charge in [-0.2, -0.15) is 0 Å². The smallest absolute Gasteiger partial charge is 0.0133 e. The minimum absolute atomic E-state index is 0.747. The normalized spacial score (nSPS) is 31.7. The molecule has 0 nitrogen and oxygen atoms in total. The van der Waals surface area contributed by atoms with Crippen LogP contribution in [0.4, 0.5) is 0 Å². The van der Waals surface area contributed by atoms with Crippen LogP contribution in [0.2, 0.25) is 0 Å². The highest BCUT2D eigenvalue weighted by atomic mass is 14.3. The molecule has 0 aliphatic heterocycles. The van der Waals surface area contributed by atoms with Gasteiger partial charge in [-0.3, -0.25) is 0 Å². The molecule has 0 heteroatoms. The average molecular weight is 204 g/mol. The second-order valence-corrected chi connectivity index (χ2v) is 5.79. The zero-order valence-electron chi connectivity index (χ0n) is 10.6. The minimum Gasteiger partial charge on any atom is -0.0730 e. The topological polar surface area (TPSA) is 0 Å². The Morgan fingerprint density at radius 3 is 2.60 bits per heavy atom. The molecule has 0 fully saturated rings. The van der Waals surface area contributed by atoms with Gasteiger partial charge in [0.05, 0.1) is 0 Å². The fraction of sp³-hybridized carbons (Fsp3) is 0.733. The van der Waals surface area contributed by atoms with E-state index in [-0.39, 0.29) is 0 Å². The molecule has 2 aliphatic rings. The number of hydrogen-bond donors (Lipinski definition) is 0. The third kappa shape index (κ3) is 2.04. The Kier molecular flexibility index (Phi) is 3.04. The Morgan fingerprint density at radius 1 is 1.20 bits per heavy atom. The standard InChI is InChI=1S/C15H24/c1-10(2)13-8-6-12(4)14-7-5-11(3)9-15(13)14/h9-10,12,14H,5-8H2,1-4H3. The molecule has 2 aliphatic carbocycles. The van der Waals surface area contributed by atoms with Gasteiger partial charge in [0.2, 0.25) is 0 Å². The molecular formula is C15H24. The molecule has 2 atom stereocenters. The highest BCUT2D eigenvalue weighted by Gasteiger charge is 2.30. The summed E-state index contributed by atoms with van der Waals surface area (Å²) in [5.74, 6) is 2.53. The van der Waals surface area contributed by atoms with Crippen LogP contribution in [0, 0.1) is 17.8 Å². The van der Waals surface area contributed by atoms with Crippen molar-refractivity contribution in [3.8, 4) is 0 Å². The minimum atomic E-state index is 0.747. The summed E-state index contributed by atoms with van der Waals surface area (Å²) in [7, 11) is 0. The van der Waals surface area contributed by atoms with Crippen LogP contribution in [0.3, 0.4) is 0 Å². The average Bonchev–Trinajstić information content (AvgIpc) is 2.17. The number of hydrogen-bond acceptors (Lipinski definition) is 0. The third-order valence-electron chi connectivity index (χ3n) is 4.27. The number of fused-ring (bicyclic) bond motifs is 1. The van der Waals surface area contributed by atoms with E-state index in [1.807, 2.05) is 0 Å². The van der Waals surface area contributed by atoms with Crippen molar-refractivity contribution in [3.05, 3.63) is 22.8 Å². The molecule has 84 valence electrons. The second-order valence-electron chi connectivity index (χ2n) is 5.79. The summed E-state index contributed by atoms with van der Waals surface area (Å²) < 4.78 is 0. The molecule has 15 heavy (non-hydrogen) atoms. The fourth-order valence-electron chi connectivity index (χ4n) is 3.26. The van der Waals surface area contributed by atoms with Crippen molar-refractivity contribution in [1.82, 2.24) is 0 Å². The highest BCUT2D eigenvalue weighted by Crippen LogP contribution is 2.43. The molecule has 2 unspecified atom stereocenters. The molecule has 0 saturated carbocycles. The molecule has 0 aromatic rings. The SMILES string of the molecule is CC1=CC2=C(C(C)C)CCC(C)C2CC1. The molecule has 0 spiro atoms. The second kappa shape index (κ2) is 4.15. The summed E-state index contributed by atoms with van der Waals surface area (Å²) >= 11 is 0. The number of rotatable bonds is 1. The summed E-state index contributed by atoms with van der Waals surface area (Å²) in [4.78, 5) is 0. The lowest BCUT2D eigenvalue weighted by molar-refractivity contribution is 0.330. The Bertz CT molecular complexity index is 304. The molecule has 0 N–H and O–H groups in total. The summed E-state index contributed by atoms with van der Waals surface area (Å²) in [6.07, 6.45) is 7.97. The van der Waals surface area contributed by atoms with Gasteiger partial charge in [-0.1, -0.05) is 38.0 Å². The van der Waals surface area contributed by atoms with Gasteiger partial charge in [0, 0.05) is 0 Å². The zero-order chi connectivity index (χ0) is 11.0. The molecule has 0 heterocycles. The summed E-state index contributed by atoms with van der Waals surface area (Å²) in [6.45, 7) is 9.44. The largest absolute Gasteiger partial charge is 0.0730 e. The van der Waals surface area contributed by atoms with E-state index in [1.165, 1.54) is 25.7 Å². The first-order chi connectivity index (χ1) is 7.09. The highest BCUT2D eigenvalue weighted by molar-refractivity contribution is 5.36. The van der Waals surface area contributed by atoms with Gasteiger partial charge >= 0.3 is 0 Å². The lowest BCUT2D eigenvalue weighted by Gasteiger charge is -2.37. The molecule has 2 rings (SSSR count). The van der Waals surface area contributed by atoms with E-state index in [2.05, 4.69) is 33.8 Å². The van der Waals surface area contributed by atoms with Crippen LogP contribution in [-0.4, -0.2) is 0 Å². The van der Waals surface area contributed by atoms with Crippen LogP contribution in [0.15, 0.2) is 22.8 Å². The van der Waals surface area contributed by atoms with Crippen molar-refractivity contribution in [3.63, 3.8) is 0 Å². The first-order valence-corrected chi connectivity index (χ1v) is 6.49. The molecule has 0 aromatic heterocycles. The summed E-state index contributed by atoms with van der Waals surface area (Å²) in [5.41, 5.74) is 5.05.